The molecule has 0 atom stereocenters. The molecule has 0 radical (unpaired) electrons. The molecule has 5 heteroatoms. The molecule has 0 bridgehead atoms. The molecule has 2 N–H and O–H groups in total. The fraction of sp³-hybridized carbons (Fsp3) is 0.0588. The number of hydrogen-bond acceptors (Lipinski definition) is 5. The highest BCUT2D eigenvalue weighted by molar-refractivity contribution is 5.84. The minimum atomic E-state index is -0.499. The number of aryl methyl sites for hydroxylation is 1. The van der Waals surface area contributed by atoms with Gasteiger partial charge in [-0.05, 0) is 42.8 Å². The summed E-state index contributed by atoms with van der Waals surface area (Å²) in [5, 5.41) is 0.766. The number of nitrogens with two attached hydrogens (primary N) is 1. The molecule has 4 aromatic rings. The van der Waals surface area contributed by atoms with Gasteiger partial charge in [0.1, 0.15) is 16.7 Å². The van der Waals surface area contributed by atoms with Gasteiger partial charge >= 0.3 is 5.63 Å². The number of fused-ring (bicyclic) bond motifs is 2. The summed E-state index contributed by atoms with van der Waals surface area (Å²) < 4.78 is 11.0. The van der Waals surface area contributed by atoms with E-state index in [-0.39, 0.29) is 5.89 Å². The summed E-state index contributed by atoms with van der Waals surface area (Å²) in [6.45, 7) is 1.97. The second-order valence-corrected chi connectivity index (χ2v) is 5.23. The maximum Gasteiger partial charge on any atom is 0.349 e. The van der Waals surface area contributed by atoms with Gasteiger partial charge in [0.15, 0.2) is 5.58 Å². The lowest BCUT2D eigenvalue weighted by Gasteiger charge is -2.00. The van der Waals surface area contributed by atoms with E-state index in [1.807, 2.05) is 25.1 Å². The van der Waals surface area contributed by atoms with Gasteiger partial charge in [0.2, 0.25) is 5.89 Å². The fourth-order valence-corrected chi connectivity index (χ4v) is 2.43. The molecule has 0 aliphatic rings. The first kappa shape index (κ1) is 12.6. The van der Waals surface area contributed by atoms with Crippen molar-refractivity contribution in [2.24, 2.45) is 0 Å². The van der Waals surface area contributed by atoms with Crippen molar-refractivity contribution in [3.8, 4) is 11.5 Å². The first-order valence-electron chi connectivity index (χ1n) is 6.81. The van der Waals surface area contributed by atoms with E-state index >= 15 is 0 Å². The number of anilines is 1. The molecule has 0 fully saturated rings. The van der Waals surface area contributed by atoms with E-state index in [0.29, 0.717) is 27.9 Å². The van der Waals surface area contributed by atoms with Gasteiger partial charge in [0.25, 0.3) is 0 Å². The summed E-state index contributed by atoms with van der Waals surface area (Å²) in [5.41, 5.74) is 8.91. The Morgan fingerprint density at radius 3 is 2.73 bits per heavy atom. The molecule has 0 spiro atoms. The third-order valence-electron chi connectivity index (χ3n) is 3.53. The Morgan fingerprint density at radius 2 is 1.86 bits per heavy atom. The van der Waals surface area contributed by atoms with Gasteiger partial charge in [0, 0.05) is 17.1 Å². The normalized spacial score (nSPS) is 11.3. The van der Waals surface area contributed by atoms with Gasteiger partial charge in [-0.25, -0.2) is 9.78 Å². The van der Waals surface area contributed by atoms with Crippen molar-refractivity contribution in [3.05, 3.63) is 58.4 Å². The summed E-state index contributed by atoms with van der Waals surface area (Å²) in [4.78, 5) is 16.6. The van der Waals surface area contributed by atoms with Crippen LogP contribution in [-0.4, -0.2) is 4.98 Å². The van der Waals surface area contributed by atoms with Crippen LogP contribution < -0.4 is 11.4 Å². The molecule has 0 aliphatic carbocycles. The number of aromatic nitrogens is 1. The molecular formula is C17H12N2O3. The van der Waals surface area contributed by atoms with Crippen LogP contribution in [0.2, 0.25) is 0 Å². The number of hydrogen-bond donors (Lipinski definition) is 1. The zero-order chi connectivity index (χ0) is 15.3. The molecule has 0 saturated carbocycles. The number of nitrogen functional groups attached to an aromatic ring is 1. The molecule has 108 valence electrons. The van der Waals surface area contributed by atoms with E-state index in [4.69, 9.17) is 14.6 Å². The molecule has 4 rings (SSSR count). The van der Waals surface area contributed by atoms with E-state index in [1.54, 1.807) is 24.3 Å². The maximum absolute atomic E-state index is 12.2. The van der Waals surface area contributed by atoms with Crippen LogP contribution in [0.3, 0.4) is 0 Å². The fourth-order valence-electron chi connectivity index (χ4n) is 2.43. The highest BCUT2D eigenvalue weighted by atomic mass is 16.4. The lowest BCUT2D eigenvalue weighted by molar-refractivity contribution is 0.553. The standard InChI is InChI=1S/C17H12N2O3/c1-9-2-5-14-13(6-9)19-16(21-14)12-7-10-3-4-11(18)8-15(10)22-17(12)20/h2-8H,18H2,1H3. The van der Waals surface area contributed by atoms with Crippen molar-refractivity contribution >= 4 is 27.8 Å². The third-order valence-corrected chi connectivity index (χ3v) is 3.53. The van der Waals surface area contributed by atoms with Gasteiger partial charge in [-0.3, -0.25) is 0 Å². The molecule has 2 aromatic carbocycles. The minimum Gasteiger partial charge on any atom is -0.436 e. The third kappa shape index (κ3) is 1.95. The van der Waals surface area contributed by atoms with Gasteiger partial charge in [-0.15, -0.1) is 0 Å². The zero-order valence-electron chi connectivity index (χ0n) is 11.8. The molecule has 0 amide bonds. The van der Waals surface area contributed by atoms with Gasteiger partial charge < -0.3 is 14.6 Å². The highest BCUT2D eigenvalue weighted by Gasteiger charge is 2.14. The van der Waals surface area contributed by atoms with Crippen molar-refractivity contribution in [2.45, 2.75) is 6.92 Å². The van der Waals surface area contributed by atoms with Crippen LogP contribution in [0.1, 0.15) is 5.56 Å². The largest absolute Gasteiger partial charge is 0.436 e. The van der Waals surface area contributed by atoms with Gasteiger partial charge in [0.05, 0.1) is 0 Å². The van der Waals surface area contributed by atoms with E-state index in [0.717, 1.165) is 10.9 Å². The van der Waals surface area contributed by atoms with Crippen molar-refractivity contribution in [1.82, 2.24) is 4.98 Å². The summed E-state index contributed by atoms with van der Waals surface area (Å²) in [6, 6.07) is 12.6. The summed E-state index contributed by atoms with van der Waals surface area (Å²) in [7, 11) is 0. The summed E-state index contributed by atoms with van der Waals surface area (Å²) >= 11 is 0. The molecule has 2 heterocycles. The first-order chi connectivity index (χ1) is 10.6. The Labute approximate surface area is 125 Å². The molecule has 0 aliphatic heterocycles. The lowest BCUT2D eigenvalue weighted by atomic mass is 10.1. The topological polar surface area (TPSA) is 82.3 Å². The van der Waals surface area contributed by atoms with E-state index < -0.39 is 5.63 Å². The monoisotopic (exact) mass is 292 g/mol. The average molecular weight is 292 g/mol. The highest BCUT2D eigenvalue weighted by Crippen LogP contribution is 2.25. The van der Waals surface area contributed by atoms with Crippen molar-refractivity contribution in [2.75, 3.05) is 5.73 Å². The van der Waals surface area contributed by atoms with Gasteiger partial charge in [-0.2, -0.15) is 0 Å². The van der Waals surface area contributed by atoms with Crippen LogP contribution in [0.4, 0.5) is 5.69 Å². The van der Waals surface area contributed by atoms with E-state index in [9.17, 15) is 4.79 Å². The van der Waals surface area contributed by atoms with Gasteiger partial charge in [-0.1, -0.05) is 6.07 Å². The Kier molecular flexibility index (Phi) is 2.56. The minimum absolute atomic E-state index is 0.257. The van der Waals surface area contributed by atoms with Crippen molar-refractivity contribution in [3.63, 3.8) is 0 Å². The van der Waals surface area contributed by atoms with E-state index in [1.165, 1.54) is 0 Å². The van der Waals surface area contributed by atoms with Crippen LogP contribution in [0.5, 0.6) is 0 Å². The number of benzene rings is 2. The van der Waals surface area contributed by atoms with Crippen LogP contribution in [0.25, 0.3) is 33.5 Å². The first-order valence-corrected chi connectivity index (χ1v) is 6.81. The van der Waals surface area contributed by atoms with Crippen molar-refractivity contribution in [1.29, 1.82) is 0 Å². The molecule has 2 aromatic heterocycles. The summed E-state index contributed by atoms with van der Waals surface area (Å²) in [6.07, 6.45) is 0. The quantitative estimate of drug-likeness (QED) is 0.429. The van der Waals surface area contributed by atoms with Crippen LogP contribution in [0.15, 0.2) is 56.1 Å². The molecule has 5 nitrogen and oxygen atoms in total. The Hall–Kier alpha value is -3.08. The molecular weight excluding hydrogens is 280 g/mol. The number of rotatable bonds is 1. The second kappa shape index (κ2) is 4.46. The smallest absolute Gasteiger partial charge is 0.349 e. The van der Waals surface area contributed by atoms with E-state index in [2.05, 4.69) is 4.98 Å². The predicted octanol–water partition coefficient (Wildman–Crippen LogP) is 3.49. The van der Waals surface area contributed by atoms with Crippen molar-refractivity contribution < 1.29 is 8.83 Å². The molecule has 22 heavy (non-hydrogen) atoms. The second-order valence-electron chi connectivity index (χ2n) is 5.23. The zero-order valence-corrected chi connectivity index (χ0v) is 11.8. The van der Waals surface area contributed by atoms with Crippen LogP contribution >= 0.6 is 0 Å². The van der Waals surface area contributed by atoms with Crippen LogP contribution in [0, 0.1) is 6.92 Å². The number of oxazole rings is 1. The number of nitrogens with zero attached hydrogens (tertiary/aromatic N) is 1. The summed E-state index contributed by atoms with van der Waals surface area (Å²) in [5.74, 6) is 0.257. The Bertz CT molecular complexity index is 1080. The molecule has 0 unspecified atom stereocenters. The van der Waals surface area contributed by atoms with Crippen LogP contribution in [-0.2, 0) is 0 Å². The Balaban J connectivity index is 1.97. The Morgan fingerprint density at radius 1 is 1.00 bits per heavy atom. The average Bonchev–Trinajstić information content (AvgIpc) is 2.89. The SMILES string of the molecule is Cc1ccc2oc(-c3cc4ccc(N)cc4oc3=O)nc2c1. The lowest BCUT2D eigenvalue weighted by Crippen LogP contribution is -2.03. The maximum atomic E-state index is 12.2. The molecule has 0 saturated heterocycles. The predicted molar refractivity (Wildman–Crippen MR) is 84.6 cm³/mol.